The van der Waals surface area contributed by atoms with Crippen molar-refractivity contribution in [1.82, 2.24) is 14.5 Å². The fourth-order valence-electron chi connectivity index (χ4n) is 4.85. The topological polar surface area (TPSA) is 86.3 Å². The van der Waals surface area contributed by atoms with Gasteiger partial charge < -0.3 is 5.11 Å². The second-order valence-corrected chi connectivity index (χ2v) is 10.3. The maximum Gasteiger partial charge on any atom is 0.243 e. The number of sulfonamides is 1. The standard InChI is InChI=1S/C20H20ClN3O3S/c21-16-6-13-10-22-23-19(13)18(7-16)20(25)8-14-11-24(12-15(14)9-20)28(26,27)17-4-2-1-3-5-17/h1-7,10,14-15,25H,8-9,11-12H2,(H,22,23)/t14-,15?,20?/m1/s1. The van der Waals surface area contributed by atoms with Crippen molar-refractivity contribution < 1.29 is 13.5 Å². The van der Waals surface area contributed by atoms with Gasteiger partial charge in [-0.1, -0.05) is 29.8 Å². The highest BCUT2D eigenvalue weighted by atomic mass is 35.5. The molecule has 0 radical (unpaired) electrons. The highest BCUT2D eigenvalue weighted by Gasteiger charge is 2.51. The lowest BCUT2D eigenvalue weighted by Crippen LogP contribution is -2.32. The number of H-pyrrole nitrogens is 1. The predicted molar refractivity (Wildman–Crippen MR) is 106 cm³/mol. The van der Waals surface area contributed by atoms with Gasteiger partial charge in [-0.3, -0.25) is 5.10 Å². The predicted octanol–water partition coefficient (Wildman–Crippen LogP) is 3.13. The van der Waals surface area contributed by atoms with E-state index in [0.717, 1.165) is 16.5 Å². The third-order valence-electron chi connectivity index (χ3n) is 6.14. The molecule has 1 aromatic heterocycles. The first-order valence-electron chi connectivity index (χ1n) is 9.27. The third-order valence-corrected chi connectivity index (χ3v) is 8.20. The number of rotatable bonds is 3. The zero-order chi connectivity index (χ0) is 19.5. The number of hydrogen-bond acceptors (Lipinski definition) is 4. The average molecular weight is 418 g/mol. The lowest BCUT2D eigenvalue weighted by Gasteiger charge is -2.27. The van der Waals surface area contributed by atoms with Gasteiger partial charge in [0.25, 0.3) is 0 Å². The molecule has 0 amide bonds. The van der Waals surface area contributed by atoms with Crippen LogP contribution in [0.15, 0.2) is 53.6 Å². The van der Waals surface area contributed by atoms with E-state index in [0.29, 0.717) is 35.8 Å². The van der Waals surface area contributed by atoms with E-state index in [2.05, 4.69) is 10.2 Å². The first-order valence-corrected chi connectivity index (χ1v) is 11.1. The molecule has 6 nitrogen and oxygen atoms in total. The fourth-order valence-corrected chi connectivity index (χ4v) is 6.66. The molecular formula is C20H20ClN3O3S. The molecule has 3 aromatic rings. The van der Waals surface area contributed by atoms with Crippen molar-refractivity contribution in [1.29, 1.82) is 0 Å². The lowest BCUT2D eigenvalue weighted by atomic mass is 9.89. The summed E-state index contributed by atoms with van der Waals surface area (Å²) in [6.07, 6.45) is 2.71. The van der Waals surface area contributed by atoms with E-state index in [9.17, 15) is 13.5 Å². The normalized spacial score (nSPS) is 28.1. The highest BCUT2D eigenvalue weighted by molar-refractivity contribution is 7.89. The van der Waals surface area contributed by atoms with Crippen molar-refractivity contribution >= 4 is 32.5 Å². The maximum atomic E-state index is 12.9. The van der Waals surface area contributed by atoms with E-state index in [4.69, 9.17) is 11.6 Å². The Balaban J connectivity index is 1.42. The van der Waals surface area contributed by atoms with Crippen LogP contribution in [0.5, 0.6) is 0 Å². The summed E-state index contributed by atoms with van der Waals surface area (Å²) in [4.78, 5) is 0.319. The molecule has 2 aromatic carbocycles. The molecule has 2 fully saturated rings. The Bertz CT molecular complexity index is 1130. The average Bonchev–Trinajstić information content (AvgIpc) is 3.35. The van der Waals surface area contributed by atoms with Crippen molar-refractivity contribution in [2.75, 3.05) is 13.1 Å². The Hall–Kier alpha value is -1.93. The molecular weight excluding hydrogens is 398 g/mol. The molecule has 5 rings (SSSR count). The van der Waals surface area contributed by atoms with Gasteiger partial charge in [-0.25, -0.2) is 8.42 Å². The van der Waals surface area contributed by atoms with Gasteiger partial charge in [-0.2, -0.15) is 9.40 Å². The smallest absolute Gasteiger partial charge is 0.243 e. The number of halogens is 1. The minimum atomic E-state index is -3.50. The first-order chi connectivity index (χ1) is 13.4. The van der Waals surface area contributed by atoms with Crippen molar-refractivity contribution in [3.05, 3.63) is 59.2 Å². The summed E-state index contributed by atoms with van der Waals surface area (Å²) in [6, 6.07) is 12.1. The number of benzene rings is 2. The van der Waals surface area contributed by atoms with Crippen molar-refractivity contribution in [2.24, 2.45) is 11.8 Å². The van der Waals surface area contributed by atoms with Gasteiger partial charge in [0.1, 0.15) is 0 Å². The number of nitrogens with one attached hydrogen (secondary N) is 1. The van der Waals surface area contributed by atoms with Crippen LogP contribution in [-0.4, -0.2) is 41.1 Å². The van der Waals surface area contributed by atoms with Crippen LogP contribution in [-0.2, 0) is 15.6 Å². The van der Waals surface area contributed by atoms with E-state index >= 15 is 0 Å². The number of aromatic amines is 1. The van der Waals surface area contributed by atoms with E-state index < -0.39 is 15.6 Å². The van der Waals surface area contributed by atoms with Crippen LogP contribution in [0.4, 0.5) is 0 Å². The van der Waals surface area contributed by atoms with Gasteiger partial charge in [-0.05, 0) is 48.9 Å². The van der Waals surface area contributed by atoms with E-state index in [1.807, 2.05) is 6.07 Å². The Morgan fingerprint density at radius 2 is 1.82 bits per heavy atom. The van der Waals surface area contributed by atoms with E-state index in [1.54, 1.807) is 46.9 Å². The molecule has 1 aliphatic carbocycles. The monoisotopic (exact) mass is 417 g/mol. The van der Waals surface area contributed by atoms with Crippen LogP contribution >= 0.6 is 11.6 Å². The minimum absolute atomic E-state index is 0.112. The first kappa shape index (κ1) is 18.1. The van der Waals surface area contributed by atoms with Crippen LogP contribution in [0.3, 0.4) is 0 Å². The molecule has 0 bridgehead atoms. The van der Waals surface area contributed by atoms with Crippen LogP contribution < -0.4 is 0 Å². The SMILES string of the molecule is O=S(=O)(c1ccccc1)N1CC2CC(O)(c3cc(Cl)cc4cn[nH]c34)C[C@@H]2C1. The highest BCUT2D eigenvalue weighted by Crippen LogP contribution is 2.51. The fraction of sp³-hybridized carbons (Fsp3) is 0.350. The summed E-state index contributed by atoms with van der Waals surface area (Å²) >= 11 is 6.25. The van der Waals surface area contributed by atoms with Gasteiger partial charge in [0, 0.05) is 29.1 Å². The van der Waals surface area contributed by atoms with Gasteiger partial charge >= 0.3 is 0 Å². The summed E-state index contributed by atoms with van der Waals surface area (Å²) < 4.78 is 27.4. The molecule has 146 valence electrons. The van der Waals surface area contributed by atoms with Crippen LogP contribution in [0, 0.1) is 11.8 Å². The Kier molecular flexibility index (Phi) is 4.07. The number of hydrogen-bond donors (Lipinski definition) is 2. The number of nitrogens with zero attached hydrogens (tertiary/aromatic N) is 2. The minimum Gasteiger partial charge on any atom is -0.385 e. The Morgan fingerprint density at radius 1 is 1.14 bits per heavy atom. The molecule has 1 saturated carbocycles. The van der Waals surface area contributed by atoms with Gasteiger partial charge in [-0.15, -0.1) is 0 Å². The van der Waals surface area contributed by atoms with Crippen molar-refractivity contribution in [2.45, 2.75) is 23.3 Å². The third kappa shape index (κ3) is 2.76. The summed E-state index contributed by atoms with van der Waals surface area (Å²) in [5.74, 6) is 0.223. The molecule has 2 heterocycles. The molecule has 0 spiro atoms. The summed E-state index contributed by atoms with van der Waals surface area (Å²) in [5.41, 5.74) is 0.508. The molecule has 1 aliphatic heterocycles. The van der Waals surface area contributed by atoms with E-state index in [1.165, 1.54) is 0 Å². The van der Waals surface area contributed by atoms with Crippen molar-refractivity contribution in [3.8, 4) is 0 Å². The Morgan fingerprint density at radius 3 is 2.50 bits per heavy atom. The zero-order valence-corrected chi connectivity index (χ0v) is 16.6. The van der Waals surface area contributed by atoms with Gasteiger partial charge in [0.2, 0.25) is 10.0 Å². The lowest BCUT2D eigenvalue weighted by molar-refractivity contribution is 0.0352. The maximum absolute atomic E-state index is 12.9. The van der Waals surface area contributed by atoms with Gasteiger partial charge in [0.05, 0.1) is 22.2 Å². The largest absolute Gasteiger partial charge is 0.385 e. The van der Waals surface area contributed by atoms with Crippen LogP contribution in [0.2, 0.25) is 5.02 Å². The second-order valence-electron chi connectivity index (χ2n) is 7.88. The number of aliphatic hydroxyl groups is 1. The quantitative estimate of drug-likeness (QED) is 0.685. The van der Waals surface area contributed by atoms with Crippen LogP contribution in [0.25, 0.3) is 10.9 Å². The second kappa shape index (κ2) is 6.29. The molecule has 1 saturated heterocycles. The molecule has 28 heavy (non-hydrogen) atoms. The summed E-state index contributed by atoms with van der Waals surface area (Å²) in [5, 5.41) is 19.9. The van der Waals surface area contributed by atoms with Gasteiger partial charge in [0.15, 0.2) is 0 Å². The molecule has 2 unspecified atom stereocenters. The van der Waals surface area contributed by atoms with E-state index in [-0.39, 0.29) is 11.8 Å². The summed E-state index contributed by atoms with van der Waals surface area (Å²) in [6.45, 7) is 0.855. The molecule has 3 atom stereocenters. The molecule has 2 N–H and O–H groups in total. The Labute approximate surface area is 168 Å². The van der Waals surface area contributed by atoms with Crippen LogP contribution in [0.1, 0.15) is 18.4 Å². The molecule has 8 heteroatoms. The molecule has 2 aliphatic rings. The number of aromatic nitrogens is 2. The van der Waals surface area contributed by atoms with Crippen molar-refractivity contribution in [3.63, 3.8) is 0 Å². The summed E-state index contributed by atoms with van der Waals surface area (Å²) in [7, 11) is -3.50. The number of fused-ring (bicyclic) bond motifs is 2. The zero-order valence-electron chi connectivity index (χ0n) is 15.0.